The van der Waals surface area contributed by atoms with Gasteiger partial charge in [-0.1, -0.05) is 54.6 Å². The largest absolute Gasteiger partial charge is 0.369 e. The van der Waals surface area contributed by atoms with Crippen molar-refractivity contribution in [1.82, 2.24) is 15.1 Å². The van der Waals surface area contributed by atoms with E-state index in [0.29, 0.717) is 31.6 Å². The Balaban J connectivity index is 1.65. The number of primary amides is 1. The van der Waals surface area contributed by atoms with Crippen molar-refractivity contribution in [3.05, 3.63) is 78.1 Å². The summed E-state index contributed by atoms with van der Waals surface area (Å²) in [7, 11) is 0. The molecule has 2 heterocycles. The van der Waals surface area contributed by atoms with E-state index in [1.54, 1.807) is 17.2 Å². The molecule has 6 heteroatoms. The first-order valence-electron chi connectivity index (χ1n) is 9.81. The van der Waals surface area contributed by atoms with Gasteiger partial charge in [-0.3, -0.25) is 14.7 Å². The Bertz CT molecular complexity index is 1000. The minimum absolute atomic E-state index is 0.149. The van der Waals surface area contributed by atoms with E-state index in [2.05, 4.69) is 28.4 Å². The fraction of sp³-hybridized carbons (Fsp3) is 0.261. The number of aromatic amines is 1. The van der Waals surface area contributed by atoms with Crippen LogP contribution >= 0.6 is 0 Å². The first kappa shape index (κ1) is 18.9. The number of hydrogen-bond acceptors (Lipinski definition) is 3. The molecule has 0 aliphatic carbocycles. The van der Waals surface area contributed by atoms with Gasteiger partial charge >= 0.3 is 0 Å². The maximum atomic E-state index is 12.8. The standard InChI is InChI=1S/C23H24N4O2/c24-22(29)23(12-6-14-27(16-23)21(28)20-11-13-25-26-20)15-18-9-4-5-10-19(18)17-7-2-1-3-8-17/h1-5,7-11,13H,6,12,14-16H2,(H2,24,29)(H,25,26)/t23-/m0/s1. The van der Waals surface area contributed by atoms with E-state index < -0.39 is 5.41 Å². The van der Waals surface area contributed by atoms with E-state index in [9.17, 15) is 9.59 Å². The molecule has 4 rings (SSSR count). The van der Waals surface area contributed by atoms with Crippen LogP contribution in [0.3, 0.4) is 0 Å². The van der Waals surface area contributed by atoms with Crippen LogP contribution < -0.4 is 5.73 Å². The molecule has 1 aliphatic rings. The number of piperidine rings is 1. The molecule has 1 fully saturated rings. The maximum Gasteiger partial charge on any atom is 0.271 e. The van der Waals surface area contributed by atoms with Crippen LogP contribution in [-0.2, 0) is 11.2 Å². The number of rotatable bonds is 5. The van der Waals surface area contributed by atoms with Crippen molar-refractivity contribution in [3.8, 4) is 11.1 Å². The summed E-state index contributed by atoms with van der Waals surface area (Å²) < 4.78 is 0. The molecule has 0 radical (unpaired) electrons. The van der Waals surface area contributed by atoms with Crippen molar-refractivity contribution in [2.24, 2.45) is 11.1 Å². The van der Waals surface area contributed by atoms with Crippen molar-refractivity contribution in [2.45, 2.75) is 19.3 Å². The second kappa shape index (κ2) is 7.91. The van der Waals surface area contributed by atoms with Crippen LogP contribution in [0.2, 0.25) is 0 Å². The Labute approximate surface area is 169 Å². The third kappa shape index (κ3) is 3.78. The van der Waals surface area contributed by atoms with E-state index in [0.717, 1.165) is 23.1 Å². The second-order valence-electron chi connectivity index (χ2n) is 7.65. The van der Waals surface area contributed by atoms with Gasteiger partial charge in [0.15, 0.2) is 0 Å². The number of aromatic nitrogens is 2. The molecule has 0 saturated carbocycles. The van der Waals surface area contributed by atoms with Crippen LogP contribution in [0.1, 0.15) is 28.9 Å². The maximum absolute atomic E-state index is 12.8. The zero-order valence-electron chi connectivity index (χ0n) is 16.2. The van der Waals surface area contributed by atoms with Gasteiger partial charge in [0.1, 0.15) is 5.69 Å². The van der Waals surface area contributed by atoms with Gasteiger partial charge in [-0.2, -0.15) is 5.10 Å². The number of nitrogens with zero attached hydrogens (tertiary/aromatic N) is 2. The summed E-state index contributed by atoms with van der Waals surface area (Å²) in [6.45, 7) is 0.913. The summed E-state index contributed by atoms with van der Waals surface area (Å²) in [6.07, 6.45) is 3.45. The topological polar surface area (TPSA) is 92.1 Å². The highest BCUT2D eigenvalue weighted by Gasteiger charge is 2.42. The second-order valence-corrected chi connectivity index (χ2v) is 7.65. The summed E-state index contributed by atoms with van der Waals surface area (Å²) in [5.41, 5.74) is 8.81. The van der Waals surface area contributed by atoms with Gasteiger partial charge in [0.25, 0.3) is 5.91 Å². The van der Waals surface area contributed by atoms with Crippen LogP contribution in [0.5, 0.6) is 0 Å². The summed E-state index contributed by atoms with van der Waals surface area (Å²) in [6, 6.07) is 19.8. The SMILES string of the molecule is NC(=O)[C@]1(Cc2ccccc2-c2ccccc2)CCCN(C(=O)c2ccn[nH]2)C1. The molecule has 2 amide bonds. The van der Waals surface area contributed by atoms with Crippen LogP contribution in [0.15, 0.2) is 66.9 Å². The fourth-order valence-electron chi connectivity index (χ4n) is 4.22. The highest BCUT2D eigenvalue weighted by molar-refractivity contribution is 5.93. The predicted octanol–water partition coefficient (Wildman–Crippen LogP) is 3.03. The number of nitrogens with two attached hydrogens (primary N) is 1. The van der Waals surface area contributed by atoms with Crippen molar-refractivity contribution >= 4 is 11.8 Å². The monoisotopic (exact) mass is 388 g/mol. The predicted molar refractivity (Wildman–Crippen MR) is 111 cm³/mol. The summed E-state index contributed by atoms with van der Waals surface area (Å²) >= 11 is 0. The Morgan fingerprint density at radius 3 is 2.55 bits per heavy atom. The normalized spacial score (nSPS) is 19.1. The third-order valence-corrected chi connectivity index (χ3v) is 5.75. The molecule has 3 N–H and O–H groups in total. The van der Waals surface area contributed by atoms with Crippen molar-refractivity contribution in [2.75, 3.05) is 13.1 Å². The van der Waals surface area contributed by atoms with E-state index in [1.807, 2.05) is 36.4 Å². The zero-order chi connectivity index (χ0) is 20.3. The van der Waals surface area contributed by atoms with Gasteiger partial charge in [-0.15, -0.1) is 0 Å². The number of likely N-dealkylation sites (tertiary alicyclic amines) is 1. The van der Waals surface area contributed by atoms with Crippen LogP contribution in [-0.4, -0.2) is 40.0 Å². The molecule has 1 aromatic heterocycles. The molecular weight excluding hydrogens is 364 g/mol. The van der Waals surface area contributed by atoms with E-state index >= 15 is 0 Å². The van der Waals surface area contributed by atoms with E-state index in [-0.39, 0.29) is 11.8 Å². The third-order valence-electron chi connectivity index (χ3n) is 5.75. The average molecular weight is 388 g/mol. The molecule has 2 aromatic carbocycles. The van der Waals surface area contributed by atoms with Crippen molar-refractivity contribution in [1.29, 1.82) is 0 Å². The molecule has 1 atom stereocenters. The summed E-state index contributed by atoms with van der Waals surface area (Å²) in [4.78, 5) is 27.2. The van der Waals surface area contributed by atoms with Gasteiger partial charge in [-0.05, 0) is 42.0 Å². The lowest BCUT2D eigenvalue weighted by Gasteiger charge is -2.41. The molecule has 0 unspecified atom stereocenters. The Kier molecular flexibility index (Phi) is 5.16. The number of hydrogen-bond donors (Lipinski definition) is 2. The highest BCUT2D eigenvalue weighted by Crippen LogP contribution is 2.37. The minimum Gasteiger partial charge on any atom is -0.369 e. The molecule has 1 aliphatic heterocycles. The zero-order valence-corrected chi connectivity index (χ0v) is 16.2. The van der Waals surface area contributed by atoms with Crippen LogP contribution in [0.25, 0.3) is 11.1 Å². The fourth-order valence-corrected chi connectivity index (χ4v) is 4.22. The average Bonchev–Trinajstić information content (AvgIpc) is 3.29. The number of H-pyrrole nitrogens is 1. The molecule has 1 saturated heterocycles. The van der Waals surface area contributed by atoms with Crippen molar-refractivity contribution < 1.29 is 9.59 Å². The lowest BCUT2D eigenvalue weighted by molar-refractivity contribution is -0.130. The quantitative estimate of drug-likeness (QED) is 0.704. The number of carbonyl (C=O) groups is 2. The molecular formula is C23H24N4O2. The lowest BCUT2D eigenvalue weighted by Crippen LogP contribution is -2.53. The van der Waals surface area contributed by atoms with Gasteiger partial charge in [0.05, 0.1) is 5.41 Å². The first-order chi connectivity index (χ1) is 14.1. The number of amides is 2. The first-order valence-corrected chi connectivity index (χ1v) is 9.81. The molecule has 3 aromatic rings. The Morgan fingerprint density at radius 1 is 1.07 bits per heavy atom. The Hall–Kier alpha value is -3.41. The van der Waals surface area contributed by atoms with Gasteiger partial charge < -0.3 is 10.6 Å². The van der Waals surface area contributed by atoms with Gasteiger partial charge in [-0.25, -0.2) is 0 Å². The molecule has 0 spiro atoms. The summed E-state index contributed by atoms with van der Waals surface area (Å²) in [5.74, 6) is -0.508. The summed E-state index contributed by atoms with van der Waals surface area (Å²) in [5, 5.41) is 6.57. The molecule has 29 heavy (non-hydrogen) atoms. The van der Waals surface area contributed by atoms with E-state index in [1.165, 1.54) is 0 Å². The molecule has 6 nitrogen and oxygen atoms in total. The minimum atomic E-state index is -0.793. The lowest BCUT2D eigenvalue weighted by atomic mass is 9.73. The van der Waals surface area contributed by atoms with Gasteiger partial charge in [0.2, 0.25) is 5.91 Å². The Morgan fingerprint density at radius 2 is 1.83 bits per heavy atom. The van der Waals surface area contributed by atoms with E-state index in [4.69, 9.17) is 5.73 Å². The van der Waals surface area contributed by atoms with Gasteiger partial charge in [0, 0.05) is 19.3 Å². The van der Waals surface area contributed by atoms with Crippen LogP contribution in [0.4, 0.5) is 0 Å². The number of benzene rings is 2. The molecule has 0 bridgehead atoms. The number of nitrogens with one attached hydrogen (secondary N) is 1. The number of carbonyl (C=O) groups excluding carboxylic acids is 2. The molecule has 148 valence electrons. The van der Waals surface area contributed by atoms with Crippen molar-refractivity contribution in [3.63, 3.8) is 0 Å². The van der Waals surface area contributed by atoms with Crippen LogP contribution in [0, 0.1) is 5.41 Å². The smallest absolute Gasteiger partial charge is 0.271 e. The highest BCUT2D eigenvalue weighted by atomic mass is 16.2.